The van der Waals surface area contributed by atoms with Gasteiger partial charge in [-0.25, -0.2) is 4.79 Å². The predicted octanol–water partition coefficient (Wildman–Crippen LogP) is 0.335. The molecule has 18 heavy (non-hydrogen) atoms. The van der Waals surface area contributed by atoms with Gasteiger partial charge in [0.05, 0.1) is 0 Å². The first-order valence-corrected chi connectivity index (χ1v) is 6.21. The molecule has 102 valence electrons. The average molecular weight is 255 g/mol. The summed E-state index contributed by atoms with van der Waals surface area (Å²) in [5.74, 6) is -0.281. The summed E-state index contributed by atoms with van der Waals surface area (Å²) in [6.45, 7) is 7.98. The third kappa shape index (κ3) is 3.45. The van der Waals surface area contributed by atoms with Gasteiger partial charge in [-0.1, -0.05) is 27.7 Å². The van der Waals surface area contributed by atoms with Gasteiger partial charge in [0.25, 0.3) is 5.91 Å². The van der Waals surface area contributed by atoms with Crippen LogP contribution in [-0.4, -0.2) is 41.9 Å². The lowest BCUT2D eigenvalue weighted by Crippen LogP contribution is -2.42. The highest BCUT2D eigenvalue weighted by Gasteiger charge is 2.40. The molecule has 0 aromatic rings. The Bertz CT molecular complexity index is 352. The summed E-state index contributed by atoms with van der Waals surface area (Å²) in [5, 5.41) is 5.26. The maximum Gasteiger partial charge on any atom is 0.325 e. The molecule has 0 aromatic heterocycles. The number of carbonyl (C=O) groups is 3. The molecule has 4 amide bonds. The fourth-order valence-electron chi connectivity index (χ4n) is 1.66. The van der Waals surface area contributed by atoms with E-state index in [-0.39, 0.29) is 24.3 Å². The van der Waals surface area contributed by atoms with Crippen LogP contribution in [0.4, 0.5) is 4.79 Å². The molecule has 1 rings (SSSR count). The third-order valence-corrected chi connectivity index (χ3v) is 2.73. The molecule has 2 N–H and O–H groups in total. The Hall–Kier alpha value is -1.59. The molecule has 1 unspecified atom stereocenters. The molecule has 0 aliphatic carbocycles. The smallest absolute Gasteiger partial charge is 0.325 e. The Labute approximate surface area is 107 Å². The van der Waals surface area contributed by atoms with Gasteiger partial charge >= 0.3 is 6.03 Å². The minimum absolute atomic E-state index is 0.0187. The summed E-state index contributed by atoms with van der Waals surface area (Å²) >= 11 is 0. The number of rotatable bonds is 5. The Morgan fingerprint density at radius 1 is 1.33 bits per heavy atom. The van der Waals surface area contributed by atoms with Crippen molar-refractivity contribution in [3.8, 4) is 0 Å². The van der Waals surface area contributed by atoms with Gasteiger partial charge in [0.2, 0.25) is 5.91 Å². The molecule has 6 heteroatoms. The zero-order valence-electron chi connectivity index (χ0n) is 11.3. The van der Waals surface area contributed by atoms with Crippen molar-refractivity contribution < 1.29 is 14.4 Å². The van der Waals surface area contributed by atoms with Gasteiger partial charge in [0, 0.05) is 6.54 Å². The molecule has 0 aromatic carbocycles. The first-order chi connectivity index (χ1) is 8.32. The van der Waals surface area contributed by atoms with Crippen molar-refractivity contribution >= 4 is 17.8 Å². The van der Waals surface area contributed by atoms with E-state index in [1.54, 1.807) is 0 Å². The van der Waals surface area contributed by atoms with E-state index in [0.717, 1.165) is 4.90 Å². The highest BCUT2D eigenvalue weighted by Crippen LogP contribution is 2.13. The van der Waals surface area contributed by atoms with Gasteiger partial charge in [-0.3, -0.25) is 14.5 Å². The molecule has 0 saturated carbocycles. The zero-order valence-corrected chi connectivity index (χ0v) is 11.3. The molecule has 1 atom stereocenters. The standard InChI is InChI=1S/C12H21N3O3/c1-7(2)5-13-9(16)6-15-11(17)10(8(3)4)14-12(15)18/h7-8,10H,5-6H2,1-4H3,(H,13,16)(H,14,18). The Balaban J connectivity index is 2.54. The topological polar surface area (TPSA) is 78.5 Å². The third-order valence-electron chi connectivity index (χ3n) is 2.73. The van der Waals surface area contributed by atoms with Gasteiger partial charge in [-0.2, -0.15) is 0 Å². The van der Waals surface area contributed by atoms with Crippen molar-refractivity contribution in [3.05, 3.63) is 0 Å². The number of carbonyl (C=O) groups excluding carboxylic acids is 3. The van der Waals surface area contributed by atoms with Gasteiger partial charge < -0.3 is 10.6 Å². The first kappa shape index (κ1) is 14.5. The van der Waals surface area contributed by atoms with Gasteiger partial charge in [-0.15, -0.1) is 0 Å². The number of nitrogens with zero attached hydrogens (tertiary/aromatic N) is 1. The minimum atomic E-state index is -0.518. The number of hydrogen-bond acceptors (Lipinski definition) is 3. The molecule has 1 aliphatic heterocycles. The van der Waals surface area contributed by atoms with Crippen LogP contribution in [0.1, 0.15) is 27.7 Å². The minimum Gasteiger partial charge on any atom is -0.354 e. The summed E-state index contributed by atoms with van der Waals surface area (Å²) in [6.07, 6.45) is 0. The van der Waals surface area contributed by atoms with Crippen molar-refractivity contribution in [2.24, 2.45) is 11.8 Å². The number of amides is 4. The van der Waals surface area contributed by atoms with Crippen LogP contribution in [0.25, 0.3) is 0 Å². The van der Waals surface area contributed by atoms with Crippen LogP contribution in [0.3, 0.4) is 0 Å². The van der Waals surface area contributed by atoms with E-state index in [2.05, 4.69) is 10.6 Å². The van der Waals surface area contributed by atoms with Crippen molar-refractivity contribution in [1.82, 2.24) is 15.5 Å². The van der Waals surface area contributed by atoms with Crippen LogP contribution < -0.4 is 10.6 Å². The van der Waals surface area contributed by atoms with Crippen LogP contribution in [0.5, 0.6) is 0 Å². The lowest BCUT2D eigenvalue weighted by Gasteiger charge is -2.14. The Morgan fingerprint density at radius 2 is 1.94 bits per heavy atom. The zero-order chi connectivity index (χ0) is 13.9. The maximum atomic E-state index is 11.9. The van der Waals surface area contributed by atoms with Crippen LogP contribution >= 0.6 is 0 Å². The largest absolute Gasteiger partial charge is 0.354 e. The van der Waals surface area contributed by atoms with Gasteiger partial charge in [0.15, 0.2) is 0 Å². The molecule has 6 nitrogen and oxygen atoms in total. The van der Waals surface area contributed by atoms with E-state index < -0.39 is 12.1 Å². The first-order valence-electron chi connectivity index (χ1n) is 6.21. The number of hydrogen-bond donors (Lipinski definition) is 2. The molecular weight excluding hydrogens is 234 g/mol. The summed E-state index contributed by atoms with van der Waals surface area (Å²) < 4.78 is 0. The average Bonchev–Trinajstić information content (AvgIpc) is 2.54. The predicted molar refractivity (Wildman–Crippen MR) is 66.7 cm³/mol. The SMILES string of the molecule is CC(C)CNC(=O)CN1C(=O)NC(C(C)C)C1=O. The molecule has 1 fully saturated rings. The second-order valence-corrected chi connectivity index (χ2v) is 5.29. The Morgan fingerprint density at radius 3 is 2.39 bits per heavy atom. The molecule has 0 bridgehead atoms. The molecule has 1 heterocycles. The van der Waals surface area contributed by atoms with E-state index in [4.69, 9.17) is 0 Å². The van der Waals surface area contributed by atoms with Crippen LogP contribution in [-0.2, 0) is 9.59 Å². The summed E-state index contributed by atoms with van der Waals surface area (Å²) in [7, 11) is 0. The van der Waals surface area contributed by atoms with Crippen molar-refractivity contribution in [2.75, 3.05) is 13.1 Å². The van der Waals surface area contributed by atoms with Crippen molar-refractivity contribution in [1.29, 1.82) is 0 Å². The Kier molecular flexibility index (Phi) is 4.69. The van der Waals surface area contributed by atoms with Crippen molar-refractivity contribution in [3.63, 3.8) is 0 Å². The van der Waals surface area contributed by atoms with Gasteiger partial charge in [0.1, 0.15) is 12.6 Å². The molecule has 1 saturated heterocycles. The fraction of sp³-hybridized carbons (Fsp3) is 0.750. The number of imide groups is 1. The highest BCUT2D eigenvalue weighted by atomic mass is 16.2. The van der Waals surface area contributed by atoms with Crippen LogP contribution in [0.2, 0.25) is 0 Å². The number of urea groups is 1. The normalized spacial score (nSPS) is 19.7. The van der Waals surface area contributed by atoms with E-state index in [1.807, 2.05) is 27.7 Å². The van der Waals surface area contributed by atoms with Gasteiger partial charge in [-0.05, 0) is 11.8 Å². The van der Waals surface area contributed by atoms with Crippen LogP contribution in [0.15, 0.2) is 0 Å². The molecule has 1 aliphatic rings. The van der Waals surface area contributed by atoms with E-state index in [9.17, 15) is 14.4 Å². The summed E-state index contributed by atoms with van der Waals surface area (Å²) in [6, 6.07) is -1.01. The quantitative estimate of drug-likeness (QED) is 0.695. The van der Waals surface area contributed by atoms with Crippen molar-refractivity contribution in [2.45, 2.75) is 33.7 Å². The lowest BCUT2D eigenvalue weighted by molar-refractivity contribution is -0.132. The monoisotopic (exact) mass is 255 g/mol. The number of nitrogens with one attached hydrogen (secondary N) is 2. The van der Waals surface area contributed by atoms with E-state index in [1.165, 1.54) is 0 Å². The second kappa shape index (κ2) is 5.84. The second-order valence-electron chi connectivity index (χ2n) is 5.29. The molecule has 0 spiro atoms. The molecular formula is C12H21N3O3. The van der Waals surface area contributed by atoms with E-state index in [0.29, 0.717) is 12.5 Å². The molecule has 0 radical (unpaired) electrons. The highest BCUT2D eigenvalue weighted by molar-refractivity contribution is 6.06. The summed E-state index contributed by atoms with van der Waals surface area (Å²) in [5.41, 5.74) is 0. The summed E-state index contributed by atoms with van der Waals surface area (Å²) in [4.78, 5) is 36.0. The van der Waals surface area contributed by atoms with E-state index >= 15 is 0 Å². The lowest BCUT2D eigenvalue weighted by atomic mass is 10.1. The fourth-order valence-corrected chi connectivity index (χ4v) is 1.66. The van der Waals surface area contributed by atoms with Crippen LogP contribution in [0, 0.1) is 11.8 Å². The maximum absolute atomic E-state index is 11.9.